The van der Waals surface area contributed by atoms with Crippen molar-refractivity contribution in [1.82, 2.24) is 24.1 Å². The number of nitrogens with zero attached hydrogens (tertiary/aromatic N) is 4. The molecule has 2 amide bonds. The number of fused-ring (bicyclic) bond motifs is 2. The van der Waals surface area contributed by atoms with Gasteiger partial charge in [-0.3, -0.25) is 19.0 Å². The molecule has 0 spiro atoms. The number of aryl methyl sites for hydroxylation is 1. The SMILES string of the molecule is CC(=O)NS(=O)(=O)c1ccc(NC(=O)CC2CSc3nc4c(cnn4-c4ccccc4C)c(=O)n32)cc1. The highest BCUT2D eigenvalue weighted by molar-refractivity contribution is 7.99. The molecule has 4 aromatic rings. The van der Waals surface area contributed by atoms with E-state index in [2.05, 4.69) is 10.4 Å². The van der Waals surface area contributed by atoms with E-state index in [1.807, 2.05) is 35.9 Å². The van der Waals surface area contributed by atoms with Crippen LogP contribution in [0.25, 0.3) is 16.7 Å². The van der Waals surface area contributed by atoms with Gasteiger partial charge in [-0.15, -0.1) is 0 Å². The predicted molar refractivity (Wildman–Crippen MR) is 138 cm³/mol. The summed E-state index contributed by atoms with van der Waals surface area (Å²) in [5.74, 6) is -0.524. The molecule has 2 aromatic carbocycles. The van der Waals surface area contributed by atoms with Crippen molar-refractivity contribution in [3.63, 3.8) is 0 Å². The topological polar surface area (TPSA) is 145 Å². The Balaban J connectivity index is 1.35. The Labute approximate surface area is 216 Å². The number of carbonyl (C=O) groups is 2. The summed E-state index contributed by atoms with van der Waals surface area (Å²) in [6.07, 6.45) is 1.53. The first-order valence-corrected chi connectivity index (χ1v) is 13.7. The van der Waals surface area contributed by atoms with Crippen LogP contribution in [0.2, 0.25) is 0 Å². The molecule has 0 fully saturated rings. The van der Waals surface area contributed by atoms with Gasteiger partial charge in [0, 0.05) is 24.8 Å². The Bertz CT molecular complexity index is 1710. The maximum Gasteiger partial charge on any atom is 0.265 e. The smallest absolute Gasteiger partial charge is 0.265 e. The van der Waals surface area contributed by atoms with Crippen LogP contribution in [-0.4, -0.2) is 45.3 Å². The molecule has 2 aromatic heterocycles. The van der Waals surface area contributed by atoms with Gasteiger partial charge in [0.1, 0.15) is 5.39 Å². The van der Waals surface area contributed by atoms with Gasteiger partial charge in [-0.25, -0.2) is 22.8 Å². The average Bonchev–Trinajstić information content (AvgIpc) is 3.44. The third-order valence-corrected chi connectivity index (χ3v) is 8.41. The van der Waals surface area contributed by atoms with Crippen molar-refractivity contribution >= 4 is 50.3 Å². The molecular weight excluding hydrogens is 516 g/mol. The predicted octanol–water partition coefficient (Wildman–Crippen LogP) is 2.39. The molecule has 0 radical (unpaired) electrons. The van der Waals surface area contributed by atoms with Crippen molar-refractivity contribution in [3.8, 4) is 5.69 Å². The molecule has 1 aliphatic heterocycles. The van der Waals surface area contributed by atoms with E-state index in [1.54, 1.807) is 9.25 Å². The monoisotopic (exact) mass is 538 g/mol. The molecule has 5 rings (SSSR count). The number of carbonyl (C=O) groups excluding carboxylic acids is 2. The fourth-order valence-corrected chi connectivity index (χ4v) is 6.27. The summed E-state index contributed by atoms with van der Waals surface area (Å²) in [7, 11) is -3.96. The number of aromatic nitrogens is 4. The number of sulfonamides is 1. The van der Waals surface area contributed by atoms with Crippen LogP contribution in [0.1, 0.15) is 24.9 Å². The van der Waals surface area contributed by atoms with Crippen LogP contribution in [0.3, 0.4) is 0 Å². The van der Waals surface area contributed by atoms with Crippen molar-refractivity contribution in [2.75, 3.05) is 11.1 Å². The third kappa shape index (κ3) is 4.74. The Kier molecular flexibility index (Phi) is 6.33. The molecule has 2 N–H and O–H groups in total. The van der Waals surface area contributed by atoms with Crippen molar-refractivity contribution < 1.29 is 18.0 Å². The number of benzene rings is 2. The number of anilines is 1. The van der Waals surface area contributed by atoms with Crippen molar-refractivity contribution in [3.05, 3.63) is 70.6 Å². The van der Waals surface area contributed by atoms with E-state index in [1.165, 1.54) is 42.2 Å². The Morgan fingerprint density at radius 1 is 1.14 bits per heavy atom. The van der Waals surface area contributed by atoms with Crippen LogP contribution < -0.4 is 15.6 Å². The van der Waals surface area contributed by atoms with E-state index in [9.17, 15) is 22.8 Å². The van der Waals surface area contributed by atoms with Gasteiger partial charge in [0.15, 0.2) is 10.8 Å². The van der Waals surface area contributed by atoms with E-state index in [-0.39, 0.29) is 22.8 Å². The lowest BCUT2D eigenvalue weighted by atomic mass is 10.2. The quantitative estimate of drug-likeness (QED) is 0.356. The van der Waals surface area contributed by atoms with Crippen LogP contribution in [0.4, 0.5) is 5.69 Å². The molecule has 0 aliphatic carbocycles. The number of para-hydroxylation sites is 1. The molecule has 37 heavy (non-hydrogen) atoms. The van der Waals surface area contributed by atoms with Crippen LogP contribution >= 0.6 is 11.8 Å². The zero-order chi connectivity index (χ0) is 26.3. The summed E-state index contributed by atoms with van der Waals surface area (Å²) < 4.78 is 29.2. The van der Waals surface area contributed by atoms with E-state index < -0.39 is 22.0 Å². The van der Waals surface area contributed by atoms with Crippen LogP contribution in [0.15, 0.2) is 69.6 Å². The molecule has 1 atom stereocenters. The molecule has 3 heterocycles. The van der Waals surface area contributed by atoms with Crippen molar-refractivity contribution in [1.29, 1.82) is 0 Å². The highest BCUT2D eigenvalue weighted by Crippen LogP contribution is 2.33. The molecule has 1 aliphatic rings. The largest absolute Gasteiger partial charge is 0.326 e. The third-order valence-electron chi connectivity index (χ3n) is 5.86. The highest BCUT2D eigenvalue weighted by Gasteiger charge is 2.30. The molecule has 1 unspecified atom stereocenters. The van der Waals surface area contributed by atoms with Crippen LogP contribution in [0, 0.1) is 6.92 Å². The zero-order valence-electron chi connectivity index (χ0n) is 19.8. The Morgan fingerprint density at radius 2 is 1.86 bits per heavy atom. The van der Waals surface area contributed by atoms with E-state index in [0.717, 1.165) is 18.2 Å². The van der Waals surface area contributed by atoms with Gasteiger partial charge < -0.3 is 5.32 Å². The molecule has 0 saturated carbocycles. The molecule has 11 nitrogen and oxygen atoms in total. The molecule has 190 valence electrons. The van der Waals surface area contributed by atoms with Gasteiger partial charge >= 0.3 is 0 Å². The summed E-state index contributed by atoms with van der Waals surface area (Å²) in [5.41, 5.74) is 2.44. The van der Waals surface area contributed by atoms with Gasteiger partial charge in [-0.1, -0.05) is 30.0 Å². The lowest BCUT2D eigenvalue weighted by molar-refractivity contribution is -0.117. The highest BCUT2D eigenvalue weighted by atomic mass is 32.2. The number of hydrogen-bond donors (Lipinski definition) is 2. The second-order valence-corrected chi connectivity index (χ2v) is 11.2. The summed E-state index contributed by atoms with van der Waals surface area (Å²) in [6, 6.07) is 12.7. The minimum absolute atomic E-state index is 0.0327. The van der Waals surface area contributed by atoms with Crippen molar-refractivity contribution in [2.24, 2.45) is 0 Å². The fourth-order valence-electron chi connectivity index (χ4n) is 4.15. The maximum atomic E-state index is 13.3. The van der Waals surface area contributed by atoms with Crippen molar-refractivity contribution in [2.45, 2.75) is 36.4 Å². The molecule has 0 saturated heterocycles. The number of rotatable bonds is 6. The summed E-state index contributed by atoms with van der Waals surface area (Å²) in [5, 5.41) is 8.02. The first-order chi connectivity index (χ1) is 17.6. The van der Waals surface area contributed by atoms with E-state index in [4.69, 9.17) is 4.98 Å². The van der Waals surface area contributed by atoms with E-state index in [0.29, 0.717) is 27.6 Å². The number of amides is 2. The van der Waals surface area contributed by atoms with Gasteiger partial charge in [0.25, 0.3) is 15.6 Å². The van der Waals surface area contributed by atoms with Gasteiger partial charge in [0.2, 0.25) is 11.8 Å². The van der Waals surface area contributed by atoms with Crippen LogP contribution in [0.5, 0.6) is 0 Å². The second kappa shape index (κ2) is 9.48. The Hall–Kier alpha value is -3.97. The first kappa shape index (κ1) is 24.7. The number of thioether (sulfide) groups is 1. The molecule has 0 bridgehead atoms. The lowest BCUT2D eigenvalue weighted by Gasteiger charge is -2.14. The number of hydrogen-bond acceptors (Lipinski definition) is 8. The summed E-state index contributed by atoms with van der Waals surface area (Å²) in [4.78, 5) is 41.8. The van der Waals surface area contributed by atoms with Gasteiger partial charge in [0.05, 0.1) is 22.8 Å². The number of nitrogens with one attached hydrogen (secondary N) is 2. The Morgan fingerprint density at radius 3 is 2.57 bits per heavy atom. The second-order valence-electron chi connectivity index (χ2n) is 8.55. The minimum atomic E-state index is -3.96. The fraction of sp³-hybridized carbons (Fsp3) is 0.208. The standard InChI is InChI=1S/C24H22N6O5S2/c1-14-5-3-4-6-20(14)30-22-19(12-25-30)23(33)29-17(13-36-24(29)27-22)11-21(32)26-16-7-9-18(10-8-16)37(34,35)28-15(2)31/h3-10,12,17H,11,13H2,1-2H3,(H,26,32)(H,28,31). The van der Waals surface area contributed by atoms with Gasteiger partial charge in [-0.05, 0) is 42.8 Å². The molecular formula is C24H22N6O5S2. The average molecular weight is 539 g/mol. The van der Waals surface area contributed by atoms with Crippen LogP contribution in [-0.2, 0) is 19.6 Å². The molecule has 13 heteroatoms. The maximum absolute atomic E-state index is 13.3. The summed E-state index contributed by atoms with van der Waals surface area (Å²) in [6.45, 7) is 3.07. The first-order valence-electron chi connectivity index (χ1n) is 11.3. The minimum Gasteiger partial charge on any atom is -0.326 e. The normalized spacial score (nSPS) is 14.9. The lowest BCUT2D eigenvalue weighted by Crippen LogP contribution is -2.28. The zero-order valence-corrected chi connectivity index (χ0v) is 21.5. The van der Waals surface area contributed by atoms with E-state index >= 15 is 0 Å². The summed E-state index contributed by atoms with van der Waals surface area (Å²) >= 11 is 1.40. The van der Waals surface area contributed by atoms with Gasteiger partial charge in [-0.2, -0.15) is 5.10 Å².